The van der Waals surface area contributed by atoms with Crippen molar-refractivity contribution < 1.29 is 49.6 Å². The molecule has 0 aromatic heterocycles. The molecule has 2 rings (SSSR count). The van der Waals surface area contributed by atoms with E-state index in [-0.39, 0.29) is 13.2 Å². The zero-order chi connectivity index (χ0) is 20.8. The molecule has 0 saturated carbocycles. The van der Waals surface area contributed by atoms with Crippen molar-refractivity contribution >= 4 is 0 Å². The fraction of sp³-hybridized carbons (Fsp3) is 1.00. The molecule has 0 aliphatic carbocycles. The third-order valence-electron chi connectivity index (χ3n) is 4.84. The molecule has 0 aromatic rings. The Bertz CT molecular complexity index is 532. The second kappa shape index (κ2) is 10.6. The first kappa shape index (κ1) is 23.2. The van der Waals surface area contributed by atoms with E-state index in [1.165, 1.54) is 0 Å². The van der Waals surface area contributed by atoms with Gasteiger partial charge in [-0.1, -0.05) is 12.0 Å². The average Bonchev–Trinajstić information content (AvgIpc) is 2.70. The minimum absolute atomic E-state index is 0.0438. The van der Waals surface area contributed by atoms with Crippen molar-refractivity contribution in [3.8, 4) is 0 Å². The first-order valence-electron chi connectivity index (χ1n) is 8.88. The van der Waals surface area contributed by atoms with Crippen LogP contribution in [-0.2, 0) is 18.9 Å². The summed E-state index contributed by atoms with van der Waals surface area (Å²) in [5.41, 5.74) is 8.26. The summed E-state index contributed by atoms with van der Waals surface area (Å²) in [6, 6.07) is 0. The third kappa shape index (κ3) is 5.09. The molecule has 0 bridgehead atoms. The summed E-state index contributed by atoms with van der Waals surface area (Å²) < 4.78 is 21.9. The third-order valence-corrected chi connectivity index (χ3v) is 4.84. The van der Waals surface area contributed by atoms with Crippen LogP contribution >= 0.6 is 0 Å². The number of ether oxygens (including phenoxy) is 4. The maximum Gasteiger partial charge on any atom is 0.187 e. The molecule has 10 atom stereocenters. The van der Waals surface area contributed by atoms with Gasteiger partial charge in [-0.05, 0) is 5.53 Å². The van der Waals surface area contributed by atoms with Crippen molar-refractivity contribution in [3.63, 3.8) is 0 Å². The molecule has 2 fully saturated rings. The number of rotatable bonds is 8. The zero-order valence-electron chi connectivity index (χ0n) is 15.3. The summed E-state index contributed by atoms with van der Waals surface area (Å²) >= 11 is 0. The van der Waals surface area contributed by atoms with Gasteiger partial charge in [-0.2, -0.15) is 0 Å². The second-order valence-electron chi connectivity index (χ2n) is 6.70. The number of aliphatic hydroxyl groups is 6. The van der Waals surface area contributed by atoms with Crippen LogP contribution in [0.3, 0.4) is 0 Å². The van der Waals surface area contributed by atoms with Crippen LogP contribution in [0, 0.1) is 5.92 Å². The SMILES string of the molecule is CC1[C@H](OCCN=[N+]=[N-])OC(CO)[C@@H](O[C@@H]2OC(CO)[C@H](O)[C@H](O)C2O)[C@@H]1O. The molecule has 0 amide bonds. The van der Waals surface area contributed by atoms with E-state index in [9.17, 15) is 30.6 Å². The highest BCUT2D eigenvalue weighted by Crippen LogP contribution is 2.32. The van der Waals surface area contributed by atoms with Crippen molar-refractivity contribution in [2.24, 2.45) is 11.0 Å². The summed E-state index contributed by atoms with van der Waals surface area (Å²) in [5.74, 6) is -0.622. The molecular weight excluding hydrogens is 382 g/mol. The Balaban J connectivity index is 2.05. The van der Waals surface area contributed by atoms with Gasteiger partial charge in [0.1, 0.15) is 36.6 Å². The Morgan fingerprint density at radius 3 is 2.18 bits per heavy atom. The molecule has 4 unspecified atom stereocenters. The van der Waals surface area contributed by atoms with Gasteiger partial charge in [-0.25, -0.2) is 0 Å². The molecule has 0 aromatic carbocycles. The van der Waals surface area contributed by atoms with Crippen molar-refractivity contribution in [1.82, 2.24) is 0 Å². The van der Waals surface area contributed by atoms with Crippen LogP contribution in [0.5, 0.6) is 0 Å². The predicted octanol–water partition coefficient (Wildman–Crippen LogP) is -2.79. The molecule has 2 heterocycles. The molecule has 13 nitrogen and oxygen atoms in total. The topological polar surface area (TPSA) is 207 Å². The Labute approximate surface area is 160 Å². The van der Waals surface area contributed by atoms with Crippen molar-refractivity contribution in [3.05, 3.63) is 10.4 Å². The quantitative estimate of drug-likeness (QED) is 0.105. The first-order chi connectivity index (χ1) is 13.3. The largest absolute Gasteiger partial charge is 0.394 e. The van der Waals surface area contributed by atoms with Crippen LogP contribution in [0.1, 0.15) is 6.92 Å². The first-order valence-corrected chi connectivity index (χ1v) is 8.88. The molecular formula is C15H27N3O10. The Morgan fingerprint density at radius 1 is 0.929 bits per heavy atom. The summed E-state index contributed by atoms with van der Waals surface area (Å²) in [6.45, 7) is 0.535. The molecule has 6 N–H and O–H groups in total. The minimum Gasteiger partial charge on any atom is -0.394 e. The standard InChI is InChI=1S/C15H27N3O10/c1-6-9(21)13(8(5-20)27-14(6)25-3-2-17-18-16)28-15-12(24)11(23)10(22)7(4-19)26-15/h6-15,19-24H,2-5H2,1H3/t6?,7?,8?,9-,10+,11+,12?,13-,14-,15+/m1/s1. The van der Waals surface area contributed by atoms with E-state index in [1.807, 2.05) is 0 Å². The van der Waals surface area contributed by atoms with Crippen molar-refractivity contribution in [2.45, 2.75) is 62.2 Å². The summed E-state index contributed by atoms with van der Waals surface area (Å²) in [5, 5.41) is 62.5. The monoisotopic (exact) mass is 409 g/mol. The Kier molecular flexibility index (Phi) is 8.80. The zero-order valence-corrected chi connectivity index (χ0v) is 15.3. The number of nitrogens with zero attached hydrogens (tertiary/aromatic N) is 3. The van der Waals surface area contributed by atoms with E-state index in [2.05, 4.69) is 10.0 Å². The van der Waals surface area contributed by atoms with Gasteiger partial charge in [0.05, 0.1) is 25.9 Å². The summed E-state index contributed by atoms with van der Waals surface area (Å²) in [7, 11) is 0. The minimum atomic E-state index is -1.66. The van der Waals surface area contributed by atoms with E-state index in [1.54, 1.807) is 6.92 Å². The lowest BCUT2D eigenvalue weighted by molar-refractivity contribution is -0.352. The Hall–Kier alpha value is -1.09. The van der Waals surface area contributed by atoms with E-state index in [0.717, 1.165) is 0 Å². The van der Waals surface area contributed by atoms with E-state index >= 15 is 0 Å². The highest BCUT2D eigenvalue weighted by Gasteiger charge is 2.49. The fourth-order valence-corrected chi connectivity index (χ4v) is 3.15. The molecule has 2 aliphatic heterocycles. The molecule has 28 heavy (non-hydrogen) atoms. The van der Waals surface area contributed by atoms with E-state index in [4.69, 9.17) is 24.5 Å². The van der Waals surface area contributed by atoms with E-state index in [0.29, 0.717) is 0 Å². The molecule has 0 spiro atoms. The lowest BCUT2D eigenvalue weighted by Gasteiger charge is -2.46. The molecule has 13 heteroatoms. The maximum atomic E-state index is 10.6. The average molecular weight is 409 g/mol. The van der Waals surface area contributed by atoms with Crippen LogP contribution < -0.4 is 0 Å². The number of aliphatic hydroxyl groups excluding tert-OH is 6. The lowest BCUT2D eigenvalue weighted by Crippen LogP contribution is -2.63. The fourth-order valence-electron chi connectivity index (χ4n) is 3.15. The van der Waals surface area contributed by atoms with Crippen LogP contribution in [0.15, 0.2) is 5.11 Å². The number of azide groups is 1. The smallest absolute Gasteiger partial charge is 0.187 e. The van der Waals surface area contributed by atoms with Gasteiger partial charge in [0.2, 0.25) is 0 Å². The highest BCUT2D eigenvalue weighted by molar-refractivity contribution is 4.93. The molecule has 162 valence electrons. The van der Waals surface area contributed by atoms with Gasteiger partial charge in [-0.15, -0.1) is 0 Å². The molecule has 2 saturated heterocycles. The molecule has 2 aliphatic rings. The normalized spacial score (nSPS) is 44.1. The van der Waals surface area contributed by atoms with Gasteiger partial charge in [0.15, 0.2) is 12.6 Å². The van der Waals surface area contributed by atoms with E-state index < -0.39 is 74.4 Å². The van der Waals surface area contributed by atoms with Crippen LogP contribution in [-0.4, -0.2) is 112 Å². The van der Waals surface area contributed by atoms with Crippen LogP contribution in [0.2, 0.25) is 0 Å². The van der Waals surface area contributed by atoms with Crippen LogP contribution in [0.4, 0.5) is 0 Å². The predicted molar refractivity (Wildman–Crippen MR) is 89.5 cm³/mol. The van der Waals surface area contributed by atoms with Gasteiger partial charge < -0.3 is 49.6 Å². The van der Waals surface area contributed by atoms with Crippen molar-refractivity contribution in [1.29, 1.82) is 0 Å². The van der Waals surface area contributed by atoms with Gasteiger partial charge in [-0.3, -0.25) is 0 Å². The highest BCUT2D eigenvalue weighted by atomic mass is 16.7. The van der Waals surface area contributed by atoms with Gasteiger partial charge >= 0.3 is 0 Å². The number of hydrogen-bond acceptors (Lipinski definition) is 11. The second-order valence-corrected chi connectivity index (χ2v) is 6.70. The van der Waals surface area contributed by atoms with Gasteiger partial charge in [0, 0.05) is 17.4 Å². The lowest BCUT2D eigenvalue weighted by atomic mass is 9.92. The summed E-state index contributed by atoms with van der Waals surface area (Å²) in [4.78, 5) is 2.59. The number of hydrogen-bond donors (Lipinski definition) is 6. The summed E-state index contributed by atoms with van der Waals surface area (Å²) in [6.07, 6.45) is -11.8. The maximum absolute atomic E-state index is 10.6. The molecule has 0 radical (unpaired) electrons. The van der Waals surface area contributed by atoms with Crippen LogP contribution in [0.25, 0.3) is 10.4 Å². The Morgan fingerprint density at radius 2 is 1.57 bits per heavy atom. The van der Waals surface area contributed by atoms with Gasteiger partial charge in [0.25, 0.3) is 0 Å². The van der Waals surface area contributed by atoms with Crippen molar-refractivity contribution in [2.75, 3.05) is 26.4 Å².